The van der Waals surface area contributed by atoms with E-state index in [2.05, 4.69) is 9.13 Å². The normalized spacial score (nSPS) is 17.7. The molecular weight excluding hydrogens is 295 g/mol. The van der Waals surface area contributed by atoms with E-state index in [1.54, 1.807) is 0 Å². The molecule has 0 saturated heterocycles. The lowest BCUT2D eigenvalue weighted by atomic mass is 10.2. The van der Waals surface area contributed by atoms with Crippen LogP contribution in [0.3, 0.4) is 0 Å². The van der Waals surface area contributed by atoms with Gasteiger partial charge in [0.15, 0.2) is 5.13 Å². The monoisotopic (exact) mass is 304 g/mol. The fourth-order valence-electron chi connectivity index (χ4n) is 1.42. The molecule has 1 aliphatic heterocycles. The highest BCUT2D eigenvalue weighted by Gasteiger charge is 2.30. The second-order valence-electron chi connectivity index (χ2n) is 3.55. The number of esters is 1. The summed E-state index contributed by atoms with van der Waals surface area (Å²) in [5, 5.41) is -0.470. The van der Waals surface area contributed by atoms with Crippen LogP contribution in [-0.4, -0.2) is 38.6 Å². The summed E-state index contributed by atoms with van der Waals surface area (Å²) < 4.78 is 45.3. The Labute approximate surface area is 113 Å². The number of carbonyl (C=O) groups is 1. The molecular formula is C10H9FN2O4S2. The maximum absolute atomic E-state index is 13.0. The number of thiophene rings is 1. The van der Waals surface area contributed by atoms with Crippen LogP contribution in [0.15, 0.2) is 28.3 Å². The van der Waals surface area contributed by atoms with Crippen molar-refractivity contribution >= 4 is 33.2 Å². The third kappa shape index (κ3) is 2.51. The molecule has 102 valence electrons. The van der Waals surface area contributed by atoms with Crippen molar-refractivity contribution in [2.24, 2.45) is 4.40 Å². The smallest absolute Gasteiger partial charge is 0.355 e. The molecule has 1 aromatic rings. The highest BCUT2D eigenvalue weighted by atomic mass is 32.2. The van der Waals surface area contributed by atoms with E-state index < -0.39 is 21.3 Å². The molecule has 19 heavy (non-hydrogen) atoms. The van der Waals surface area contributed by atoms with Crippen LogP contribution in [0.4, 0.5) is 4.39 Å². The summed E-state index contributed by atoms with van der Waals surface area (Å²) in [6, 6.07) is 2.59. The lowest BCUT2D eigenvalue weighted by Crippen LogP contribution is -2.33. The number of ether oxygens (including phenoxy) is 1. The van der Waals surface area contributed by atoms with Crippen LogP contribution in [0.1, 0.15) is 4.88 Å². The molecule has 0 aromatic carbocycles. The van der Waals surface area contributed by atoms with Crippen LogP contribution in [0.5, 0.6) is 0 Å². The number of likely N-dealkylation sites (N-methyl/N-ethyl adjacent to an activating group) is 1. The van der Waals surface area contributed by atoms with E-state index in [4.69, 9.17) is 0 Å². The Morgan fingerprint density at radius 2 is 2.16 bits per heavy atom. The Morgan fingerprint density at radius 1 is 1.47 bits per heavy atom. The van der Waals surface area contributed by atoms with Crippen molar-refractivity contribution in [1.82, 2.24) is 4.31 Å². The summed E-state index contributed by atoms with van der Waals surface area (Å²) in [5.74, 6) is -0.810. The van der Waals surface area contributed by atoms with Crippen LogP contribution < -0.4 is 0 Å². The summed E-state index contributed by atoms with van der Waals surface area (Å²) in [6.45, 7) is 0. The van der Waals surface area contributed by atoms with E-state index >= 15 is 0 Å². The van der Waals surface area contributed by atoms with Crippen molar-refractivity contribution < 1.29 is 22.3 Å². The maximum Gasteiger partial charge on any atom is 0.355 e. The standard InChI is InChI=1S/C10H9FN2O4S2/c1-13-7(10(14)17-2)5-6(12-19(13,15)16)8-3-4-9(11)18-8/h3-5H,1-2H3. The summed E-state index contributed by atoms with van der Waals surface area (Å²) in [4.78, 5) is 11.8. The maximum atomic E-state index is 13.0. The molecule has 0 spiro atoms. The van der Waals surface area contributed by atoms with Gasteiger partial charge in [-0.1, -0.05) is 0 Å². The largest absolute Gasteiger partial charge is 0.464 e. The van der Waals surface area contributed by atoms with Crippen molar-refractivity contribution in [2.45, 2.75) is 0 Å². The second kappa shape index (κ2) is 4.74. The van der Waals surface area contributed by atoms with Crippen LogP contribution in [0, 0.1) is 5.13 Å². The molecule has 2 heterocycles. The van der Waals surface area contributed by atoms with Gasteiger partial charge in [0.25, 0.3) is 0 Å². The Balaban J connectivity index is 2.55. The van der Waals surface area contributed by atoms with Crippen molar-refractivity contribution in [2.75, 3.05) is 14.2 Å². The molecule has 2 rings (SSSR count). The molecule has 1 aliphatic rings. The van der Waals surface area contributed by atoms with Gasteiger partial charge in [0.1, 0.15) is 5.70 Å². The number of hydrogen-bond acceptors (Lipinski definition) is 5. The van der Waals surface area contributed by atoms with E-state index in [1.165, 1.54) is 25.3 Å². The van der Waals surface area contributed by atoms with Crippen molar-refractivity contribution in [3.63, 3.8) is 0 Å². The zero-order chi connectivity index (χ0) is 14.2. The highest BCUT2D eigenvalue weighted by molar-refractivity contribution is 7.88. The number of nitrogens with zero attached hydrogens (tertiary/aromatic N) is 2. The van der Waals surface area contributed by atoms with Crippen LogP contribution in [-0.2, 0) is 19.7 Å². The highest BCUT2D eigenvalue weighted by Crippen LogP contribution is 2.23. The fourth-order valence-corrected chi connectivity index (χ4v) is 3.06. The molecule has 0 N–H and O–H groups in total. The lowest BCUT2D eigenvalue weighted by molar-refractivity contribution is -0.137. The Kier molecular flexibility index (Phi) is 3.42. The van der Waals surface area contributed by atoms with Gasteiger partial charge in [-0.2, -0.15) is 12.8 Å². The first kappa shape index (κ1) is 13.7. The number of halogens is 1. The number of allylic oxidation sites excluding steroid dienone is 1. The third-order valence-corrected chi connectivity index (χ3v) is 4.61. The topological polar surface area (TPSA) is 76.0 Å². The minimum atomic E-state index is -4.02. The number of hydrogen-bond donors (Lipinski definition) is 0. The molecule has 0 radical (unpaired) electrons. The second-order valence-corrected chi connectivity index (χ2v) is 6.21. The molecule has 0 bridgehead atoms. The molecule has 0 unspecified atom stereocenters. The fraction of sp³-hybridized carbons (Fsp3) is 0.200. The van der Waals surface area contributed by atoms with Crippen molar-refractivity contribution in [1.29, 1.82) is 0 Å². The summed E-state index contributed by atoms with van der Waals surface area (Å²) in [7, 11) is -1.69. The van der Waals surface area contributed by atoms with Gasteiger partial charge in [-0.15, -0.1) is 15.7 Å². The van der Waals surface area contributed by atoms with Gasteiger partial charge in [0, 0.05) is 7.05 Å². The lowest BCUT2D eigenvalue weighted by Gasteiger charge is -2.21. The summed E-state index contributed by atoms with van der Waals surface area (Å²) in [5.41, 5.74) is -0.172. The van der Waals surface area contributed by atoms with Gasteiger partial charge in [-0.25, -0.2) is 9.10 Å². The summed E-state index contributed by atoms with van der Waals surface area (Å²) >= 11 is 0.740. The molecule has 6 nitrogen and oxygen atoms in total. The first-order valence-corrected chi connectivity index (χ1v) is 7.21. The Morgan fingerprint density at radius 3 is 2.68 bits per heavy atom. The molecule has 0 saturated carbocycles. The molecule has 9 heteroatoms. The predicted molar refractivity (Wildman–Crippen MR) is 67.6 cm³/mol. The van der Waals surface area contributed by atoms with E-state index in [0.29, 0.717) is 9.18 Å². The Hall–Kier alpha value is -1.74. The number of carbonyl (C=O) groups excluding carboxylic acids is 1. The summed E-state index contributed by atoms with van der Waals surface area (Å²) in [6.07, 6.45) is 1.25. The third-order valence-electron chi connectivity index (χ3n) is 2.39. The van der Waals surface area contributed by atoms with Gasteiger partial charge in [-0.3, -0.25) is 0 Å². The van der Waals surface area contributed by atoms with E-state index in [1.807, 2.05) is 0 Å². The average Bonchev–Trinajstić information content (AvgIpc) is 2.78. The predicted octanol–water partition coefficient (Wildman–Crippen LogP) is 0.923. The zero-order valence-corrected chi connectivity index (χ0v) is 11.6. The Bertz CT molecular complexity index is 690. The molecule has 0 aliphatic carbocycles. The molecule has 0 atom stereocenters. The van der Waals surface area contributed by atoms with Gasteiger partial charge in [0.05, 0.1) is 17.7 Å². The minimum Gasteiger partial charge on any atom is -0.464 e. The molecule has 0 amide bonds. The van der Waals surface area contributed by atoms with E-state index in [-0.39, 0.29) is 11.4 Å². The van der Waals surface area contributed by atoms with E-state index in [0.717, 1.165) is 18.4 Å². The van der Waals surface area contributed by atoms with E-state index in [9.17, 15) is 17.6 Å². The minimum absolute atomic E-state index is 0.00685. The van der Waals surface area contributed by atoms with Crippen LogP contribution >= 0.6 is 11.3 Å². The van der Waals surface area contributed by atoms with Gasteiger partial charge in [0.2, 0.25) is 0 Å². The quantitative estimate of drug-likeness (QED) is 0.761. The number of rotatable bonds is 2. The molecule has 0 fully saturated rings. The van der Waals surface area contributed by atoms with Gasteiger partial charge in [-0.05, 0) is 18.2 Å². The first-order valence-electron chi connectivity index (χ1n) is 4.99. The van der Waals surface area contributed by atoms with Crippen molar-refractivity contribution in [3.05, 3.63) is 33.9 Å². The van der Waals surface area contributed by atoms with Crippen molar-refractivity contribution in [3.8, 4) is 0 Å². The average molecular weight is 304 g/mol. The van der Waals surface area contributed by atoms with Gasteiger partial charge >= 0.3 is 16.2 Å². The van der Waals surface area contributed by atoms with Crippen LogP contribution in [0.25, 0.3) is 0 Å². The SMILES string of the molecule is COC(=O)C1=CC(c2ccc(F)s2)=NS(=O)(=O)N1C. The van der Waals surface area contributed by atoms with Crippen LogP contribution in [0.2, 0.25) is 0 Å². The molecule has 1 aromatic heterocycles. The van der Waals surface area contributed by atoms with Gasteiger partial charge < -0.3 is 4.74 Å². The first-order chi connectivity index (χ1) is 8.85. The number of methoxy groups -OCH3 is 1. The zero-order valence-electron chi connectivity index (χ0n) is 9.95.